The van der Waals surface area contributed by atoms with Gasteiger partial charge in [0, 0.05) is 44.2 Å². The Labute approximate surface area is 237 Å². The molecule has 2 heterocycles. The summed E-state index contributed by atoms with van der Waals surface area (Å²) in [5, 5.41) is 6.95. The maximum atomic E-state index is 12.4. The number of para-hydroxylation sites is 1. The van der Waals surface area contributed by atoms with Crippen molar-refractivity contribution < 1.29 is 14.4 Å². The zero-order chi connectivity index (χ0) is 28.9. The highest BCUT2D eigenvalue weighted by atomic mass is 16.2. The first-order chi connectivity index (χ1) is 19.3. The van der Waals surface area contributed by atoms with Gasteiger partial charge in [0.2, 0.25) is 5.91 Å². The smallest absolute Gasteiger partial charge is 0.220 e. The molecule has 218 valence electrons. The fourth-order valence-electron chi connectivity index (χ4n) is 5.16. The van der Waals surface area contributed by atoms with E-state index in [1.807, 2.05) is 18.2 Å². The number of nitrogen functional groups attached to an aromatic ring is 1. The maximum Gasteiger partial charge on any atom is 0.220 e. The lowest BCUT2D eigenvalue weighted by Crippen LogP contribution is -2.32. The molecule has 0 fully saturated rings. The third kappa shape index (κ3) is 8.84. The first-order valence-electron chi connectivity index (χ1n) is 14.8. The molecular formula is C31H46N6O3. The molecule has 0 bridgehead atoms. The fraction of sp³-hybridized carbons (Fsp3) is 0.581. The zero-order valence-electron chi connectivity index (χ0n) is 24.4. The second-order valence-electron chi connectivity index (χ2n) is 10.6. The van der Waals surface area contributed by atoms with Crippen molar-refractivity contribution in [3.63, 3.8) is 0 Å². The predicted octanol–water partition coefficient (Wildman–Crippen LogP) is 4.88. The standard InChI is InChI=1S/C31H46N6O3/c1-4-5-17-27-36-29-30(24-14-8-9-16-26(24)35-31(29)32)37(27)21-12-6-7-13-23(39)18-19-28(40)34-20-11-10-15-25(33-3)22(2)38/h8-9,14,16,25,33H,4-7,10-13,15,17-21H2,1-3H3,(H2,32,35)(H,34,40). The van der Waals surface area contributed by atoms with E-state index in [9.17, 15) is 14.4 Å². The van der Waals surface area contributed by atoms with Gasteiger partial charge in [0.25, 0.3) is 0 Å². The van der Waals surface area contributed by atoms with E-state index in [4.69, 9.17) is 10.7 Å². The summed E-state index contributed by atoms with van der Waals surface area (Å²) in [4.78, 5) is 45.3. The number of nitrogens with two attached hydrogens (primary N) is 1. The Kier molecular flexibility index (Phi) is 12.5. The summed E-state index contributed by atoms with van der Waals surface area (Å²) in [5.41, 5.74) is 9.00. The topological polar surface area (TPSA) is 132 Å². The van der Waals surface area contributed by atoms with Gasteiger partial charge in [-0.3, -0.25) is 14.4 Å². The number of benzene rings is 1. The van der Waals surface area contributed by atoms with Crippen LogP contribution in [0.25, 0.3) is 21.9 Å². The molecule has 3 rings (SSSR count). The van der Waals surface area contributed by atoms with Gasteiger partial charge in [-0.15, -0.1) is 0 Å². The van der Waals surface area contributed by atoms with Crippen molar-refractivity contribution in [1.29, 1.82) is 0 Å². The second kappa shape index (κ2) is 16.1. The maximum absolute atomic E-state index is 12.4. The van der Waals surface area contributed by atoms with Gasteiger partial charge in [-0.25, -0.2) is 9.97 Å². The van der Waals surface area contributed by atoms with Gasteiger partial charge in [0.05, 0.1) is 17.1 Å². The molecule has 0 aliphatic heterocycles. The quantitative estimate of drug-likeness (QED) is 0.181. The zero-order valence-corrected chi connectivity index (χ0v) is 24.4. The highest BCUT2D eigenvalue weighted by Gasteiger charge is 2.17. The second-order valence-corrected chi connectivity index (χ2v) is 10.6. The number of nitrogens with one attached hydrogen (secondary N) is 2. The number of hydrogen-bond acceptors (Lipinski definition) is 7. The van der Waals surface area contributed by atoms with Crippen LogP contribution >= 0.6 is 0 Å². The summed E-state index contributed by atoms with van der Waals surface area (Å²) >= 11 is 0. The molecule has 3 aromatic rings. The molecular weight excluding hydrogens is 504 g/mol. The van der Waals surface area contributed by atoms with Crippen LogP contribution in [-0.2, 0) is 27.3 Å². The number of hydrogen-bond donors (Lipinski definition) is 3. The number of imidazole rings is 1. The molecule has 0 radical (unpaired) electrons. The SMILES string of the molecule is CCCCc1nc2c(N)nc3ccccc3c2n1CCCCCC(=O)CCC(=O)NCCCCC(NC)C(C)=O. The van der Waals surface area contributed by atoms with Crippen LogP contribution in [0.1, 0.15) is 90.3 Å². The number of ketones is 2. The van der Waals surface area contributed by atoms with Crippen LogP contribution in [0.4, 0.5) is 5.82 Å². The van der Waals surface area contributed by atoms with E-state index in [0.717, 1.165) is 92.1 Å². The van der Waals surface area contributed by atoms with Crippen molar-refractivity contribution in [1.82, 2.24) is 25.2 Å². The molecule has 9 heteroatoms. The van der Waals surface area contributed by atoms with Gasteiger partial charge in [-0.1, -0.05) is 38.0 Å². The average molecular weight is 551 g/mol. The van der Waals surface area contributed by atoms with Crippen LogP contribution in [0, 0.1) is 0 Å². The summed E-state index contributed by atoms with van der Waals surface area (Å²) < 4.78 is 2.30. The lowest BCUT2D eigenvalue weighted by atomic mass is 10.1. The van der Waals surface area contributed by atoms with Crippen molar-refractivity contribution in [3.8, 4) is 0 Å². The van der Waals surface area contributed by atoms with E-state index >= 15 is 0 Å². The molecule has 4 N–H and O–H groups in total. The number of aryl methyl sites for hydroxylation is 2. The number of Topliss-reactive ketones (excluding diaryl/α,β-unsaturated/α-hetero) is 2. The van der Waals surface area contributed by atoms with E-state index < -0.39 is 0 Å². The molecule has 1 aromatic carbocycles. The molecule has 2 aromatic heterocycles. The highest BCUT2D eigenvalue weighted by molar-refractivity contribution is 6.06. The van der Waals surface area contributed by atoms with E-state index in [-0.39, 0.29) is 36.4 Å². The van der Waals surface area contributed by atoms with E-state index in [0.29, 0.717) is 18.8 Å². The van der Waals surface area contributed by atoms with Crippen LogP contribution in [0.15, 0.2) is 24.3 Å². The van der Waals surface area contributed by atoms with Gasteiger partial charge < -0.3 is 20.9 Å². The van der Waals surface area contributed by atoms with Gasteiger partial charge in [-0.2, -0.15) is 0 Å². The minimum Gasteiger partial charge on any atom is -0.382 e. The van der Waals surface area contributed by atoms with Gasteiger partial charge in [-0.05, 0) is 58.6 Å². The number of pyridine rings is 1. The minimum absolute atomic E-state index is 0.0855. The van der Waals surface area contributed by atoms with Crippen molar-refractivity contribution >= 4 is 45.2 Å². The Morgan fingerprint density at radius 3 is 2.52 bits per heavy atom. The molecule has 1 atom stereocenters. The van der Waals surface area contributed by atoms with E-state index in [1.165, 1.54) is 0 Å². The number of carbonyl (C=O) groups excluding carboxylic acids is 3. The van der Waals surface area contributed by atoms with Crippen molar-refractivity contribution in [3.05, 3.63) is 30.1 Å². The number of anilines is 1. The predicted molar refractivity (Wildman–Crippen MR) is 161 cm³/mol. The summed E-state index contributed by atoms with van der Waals surface area (Å²) in [6.45, 7) is 5.15. The van der Waals surface area contributed by atoms with Crippen molar-refractivity contribution in [2.45, 2.75) is 103 Å². The fourth-order valence-corrected chi connectivity index (χ4v) is 5.16. The summed E-state index contributed by atoms with van der Waals surface area (Å²) in [5.74, 6) is 1.70. The summed E-state index contributed by atoms with van der Waals surface area (Å²) in [7, 11) is 1.78. The Morgan fingerprint density at radius 1 is 0.975 bits per heavy atom. The number of nitrogens with zero attached hydrogens (tertiary/aromatic N) is 3. The van der Waals surface area contributed by atoms with Crippen molar-refractivity contribution in [2.24, 2.45) is 0 Å². The number of carbonyl (C=O) groups is 3. The van der Waals surface area contributed by atoms with Crippen molar-refractivity contribution in [2.75, 3.05) is 19.3 Å². The Balaban J connectivity index is 1.41. The number of aromatic nitrogens is 3. The minimum atomic E-state index is -0.119. The Bertz CT molecular complexity index is 1290. The monoisotopic (exact) mass is 550 g/mol. The first-order valence-corrected chi connectivity index (χ1v) is 14.8. The van der Waals surface area contributed by atoms with Gasteiger partial charge >= 0.3 is 0 Å². The molecule has 40 heavy (non-hydrogen) atoms. The average Bonchev–Trinajstić information content (AvgIpc) is 3.31. The Hall–Kier alpha value is -3.33. The summed E-state index contributed by atoms with van der Waals surface area (Å²) in [6, 6.07) is 7.93. The molecule has 0 saturated heterocycles. The third-order valence-corrected chi connectivity index (χ3v) is 7.49. The first kappa shape index (κ1) is 31.2. The van der Waals surface area contributed by atoms with Crippen LogP contribution in [0.3, 0.4) is 0 Å². The lowest BCUT2D eigenvalue weighted by Gasteiger charge is -2.12. The number of fused-ring (bicyclic) bond motifs is 3. The molecule has 0 spiro atoms. The van der Waals surface area contributed by atoms with E-state index in [2.05, 4.69) is 33.2 Å². The van der Waals surface area contributed by atoms with Crippen LogP contribution in [0.2, 0.25) is 0 Å². The lowest BCUT2D eigenvalue weighted by molar-refractivity contribution is -0.125. The molecule has 1 amide bonds. The number of likely N-dealkylation sites (N-methyl/N-ethyl adjacent to an activating group) is 1. The molecule has 0 aliphatic rings. The van der Waals surface area contributed by atoms with Gasteiger partial charge in [0.1, 0.15) is 22.9 Å². The van der Waals surface area contributed by atoms with Crippen LogP contribution < -0.4 is 16.4 Å². The van der Waals surface area contributed by atoms with Crippen LogP contribution in [0.5, 0.6) is 0 Å². The van der Waals surface area contributed by atoms with Crippen LogP contribution in [-0.4, -0.2) is 51.6 Å². The third-order valence-electron chi connectivity index (χ3n) is 7.49. The molecule has 0 saturated carbocycles. The number of rotatable bonds is 19. The normalized spacial score (nSPS) is 12.2. The van der Waals surface area contributed by atoms with E-state index in [1.54, 1.807) is 14.0 Å². The highest BCUT2D eigenvalue weighted by Crippen LogP contribution is 2.29. The van der Waals surface area contributed by atoms with Gasteiger partial charge in [0.15, 0.2) is 5.82 Å². The number of amides is 1. The number of unbranched alkanes of at least 4 members (excludes halogenated alkanes) is 4. The largest absolute Gasteiger partial charge is 0.382 e. The Morgan fingerprint density at radius 2 is 1.77 bits per heavy atom. The molecule has 9 nitrogen and oxygen atoms in total. The summed E-state index contributed by atoms with van der Waals surface area (Å²) in [6.07, 6.45) is 9.18. The molecule has 0 aliphatic carbocycles. The molecule has 1 unspecified atom stereocenters.